The average Bonchev–Trinajstić information content (AvgIpc) is 3.00. The molecule has 0 saturated carbocycles. The molecule has 0 saturated heterocycles. The standard InChI is InChI=1S/C17H16O5.Na.H/c1-19-14-6-5-11(7-13(14)18)3-4-12-8-15(20-2)17-16(9-12)21-10-22-17;;/h3-9,18H,10H2,1-2H3;;/b4-3-;;. The van der Waals surface area contributed by atoms with E-state index in [-0.39, 0.29) is 42.1 Å². The van der Waals surface area contributed by atoms with Gasteiger partial charge in [-0.05, 0) is 35.4 Å². The molecule has 0 fully saturated rings. The van der Waals surface area contributed by atoms with Crippen molar-refractivity contribution in [2.75, 3.05) is 21.0 Å². The summed E-state index contributed by atoms with van der Waals surface area (Å²) in [5.74, 6) is 2.47. The Kier molecular flexibility index (Phi) is 5.82. The van der Waals surface area contributed by atoms with Crippen LogP contribution >= 0.6 is 0 Å². The summed E-state index contributed by atoms with van der Waals surface area (Å²) in [7, 11) is 3.11. The van der Waals surface area contributed by atoms with E-state index in [0.717, 1.165) is 11.1 Å². The van der Waals surface area contributed by atoms with E-state index in [1.54, 1.807) is 19.2 Å². The van der Waals surface area contributed by atoms with Crippen molar-refractivity contribution in [3.8, 4) is 28.7 Å². The van der Waals surface area contributed by atoms with E-state index in [4.69, 9.17) is 18.9 Å². The van der Waals surface area contributed by atoms with Crippen LogP contribution in [0.4, 0.5) is 0 Å². The van der Waals surface area contributed by atoms with Gasteiger partial charge in [0, 0.05) is 0 Å². The zero-order valence-corrected chi connectivity index (χ0v) is 12.3. The molecule has 1 N–H and O–H groups in total. The Bertz CT molecular complexity index is 727. The Labute approximate surface area is 156 Å². The van der Waals surface area contributed by atoms with Crippen molar-refractivity contribution in [2.24, 2.45) is 0 Å². The van der Waals surface area contributed by atoms with Crippen LogP contribution in [0.25, 0.3) is 12.2 Å². The van der Waals surface area contributed by atoms with Crippen molar-refractivity contribution >= 4 is 41.7 Å². The molecule has 3 rings (SSSR count). The molecule has 2 aromatic rings. The molecule has 5 nitrogen and oxygen atoms in total. The molecule has 0 aliphatic carbocycles. The van der Waals surface area contributed by atoms with E-state index in [9.17, 15) is 5.11 Å². The number of fused-ring (bicyclic) bond motifs is 1. The molecule has 0 bridgehead atoms. The van der Waals surface area contributed by atoms with Gasteiger partial charge >= 0.3 is 29.6 Å². The van der Waals surface area contributed by atoms with Crippen molar-refractivity contribution in [3.05, 3.63) is 41.5 Å². The third-order valence-electron chi connectivity index (χ3n) is 3.35. The second kappa shape index (κ2) is 7.64. The number of rotatable bonds is 4. The fourth-order valence-electron chi connectivity index (χ4n) is 2.25. The van der Waals surface area contributed by atoms with Crippen molar-refractivity contribution in [1.29, 1.82) is 0 Å². The maximum absolute atomic E-state index is 9.78. The summed E-state index contributed by atoms with van der Waals surface area (Å²) in [6, 6.07) is 8.96. The van der Waals surface area contributed by atoms with Crippen LogP contribution in [-0.2, 0) is 0 Å². The van der Waals surface area contributed by atoms with Crippen LogP contribution in [0.1, 0.15) is 11.1 Å². The minimum atomic E-state index is 0. The predicted octanol–water partition coefficient (Wildman–Crippen LogP) is 2.66. The molecule has 23 heavy (non-hydrogen) atoms. The van der Waals surface area contributed by atoms with E-state index >= 15 is 0 Å². The van der Waals surface area contributed by atoms with Gasteiger partial charge in [-0.2, -0.15) is 0 Å². The van der Waals surface area contributed by atoms with Crippen molar-refractivity contribution in [3.63, 3.8) is 0 Å². The van der Waals surface area contributed by atoms with Gasteiger partial charge in [0.05, 0.1) is 14.2 Å². The number of benzene rings is 2. The molecule has 6 heteroatoms. The Morgan fingerprint density at radius 2 is 1.70 bits per heavy atom. The number of aromatic hydroxyl groups is 1. The molecule has 0 unspecified atom stereocenters. The molecule has 0 aromatic heterocycles. The Hall–Kier alpha value is -1.82. The first-order valence-electron chi connectivity index (χ1n) is 6.74. The van der Waals surface area contributed by atoms with E-state index in [1.165, 1.54) is 7.11 Å². The molecular formula is C17H17NaO5. The summed E-state index contributed by atoms with van der Waals surface area (Å²) < 4.78 is 21.1. The van der Waals surface area contributed by atoms with Gasteiger partial charge in [-0.15, -0.1) is 0 Å². The van der Waals surface area contributed by atoms with E-state index < -0.39 is 0 Å². The Morgan fingerprint density at radius 1 is 0.957 bits per heavy atom. The summed E-state index contributed by atoms with van der Waals surface area (Å²) in [6.45, 7) is 0.200. The Morgan fingerprint density at radius 3 is 2.39 bits per heavy atom. The molecule has 1 aliphatic rings. The van der Waals surface area contributed by atoms with Gasteiger partial charge in [0.25, 0.3) is 0 Å². The number of phenols is 1. The first-order chi connectivity index (χ1) is 10.7. The van der Waals surface area contributed by atoms with Crippen molar-refractivity contribution in [1.82, 2.24) is 0 Å². The predicted molar refractivity (Wildman–Crippen MR) is 89.9 cm³/mol. The van der Waals surface area contributed by atoms with Crippen molar-refractivity contribution in [2.45, 2.75) is 0 Å². The topological polar surface area (TPSA) is 57.2 Å². The normalized spacial score (nSPS) is 12.1. The summed E-state index contributed by atoms with van der Waals surface area (Å²) in [6.07, 6.45) is 3.79. The average molecular weight is 324 g/mol. The fraction of sp³-hybridized carbons (Fsp3) is 0.176. The number of ether oxygens (including phenoxy) is 4. The van der Waals surface area contributed by atoms with Gasteiger partial charge in [-0.25, -0.2) is 0 Å². The number of methoxy groups -OCH3 is 2. The van der Waals surface area contributed by atoms with E-state index in [0.29, 0.717) is 23.0 Å². The van der Waals surface area contributed by atoms with Crippen LogP contribution in [0.5, 0.6) is 28.7 Å². The molecule has 0 atom stereocenters. The fourth-order valence-corrected chi connectivity index (χ4v) is 2.25. The van der Waals surface area contributed by atoms with E-state index in [2.05, 4.69) is 0 Å². The van der Waals surface area contributed by atoms with Crippen LogP contribution in [0, 0.1) is 0 Å². The van der Waals surface area contributed by atoms with Gasteiger partial charge in [-0.1, -0.05) is 18.2 Å². The van der Waals surface area contributed by atoms with Gasteiger partial charge < -0.3 is 24.1 Å². The quantitative estimate of drug-likeness (QED) is 0.692. The van der Waals surface area contributed by atoms with E-state index in [1.807, 2.05) is 30.4 Å². The summed E-state index contributed by atoms with van der Waals surface area (Å²) in [5.41, 5.74) is 1.77. The number of hydrogen-bond donors (Lipinski definition) is 1. The Balaban J connectivity index is 0.00000192. The first-order valence-corrected chi connectivity index (χ1v) is 6.74. The maximum atomic E-state index is 9.78. The van der Waals surface area contributed by atoms with Crippen LogP contribution in [0.3, 0.4) is 0 Å². The zero-order chi connectivity index (χ0) is 15.5. The molecule has 116 valence electrons. The van der Waals surface area contributed by atoms with Gasteiger partial charge in [0.2, 0.25) is 12.5 Å². The molecule has 0 amide bonds. The molecule has 2 aromatic carbocycles. The van der Waals surface area contributed by atoms with Crippen LogP contribution in [-0.4, -0.2) is 55.7 Å². The van der Waals surface area contributed by atoms with Crippen LogP contribution in [0.15, 0.2) is 30.3 Å². The van der Waals surface area contributed by atoms with Gasteiger partial charge in [-0.3, -0.25) is 0 Å². The molecule has 1 aliphatic heterocycles. The molecular weight excluding hydrogens is 307 g/mol. The zero-order valence-electron chi connectivity index (χ0n) is 12.3. The second-order valence-electron chi connectivity index (χ2n) is 4.72. The van der Waals surface area contributed by atoms with Crippen molar-refractivity contribution < 1.29 is 24.1 Å². The summed E-state index contributed by atoms with van der Waals surface area (Å²) in [4.78, 5) is 0. The first kappa shape index (κ1) is 17.5. The monoisotopic (exact) mass is 324 g/mol. The summed E-state index contributed by atoms with van der Waals surface area (Å²) in [5, 5.41) is 9.78. The van der Waals surface area contributed by atoms with Gasteiger partial charge in [0.1, 0.15) is 0 Å². The second-order valence-corrected chi connectivity index (χ2v) is 4.72. The van der Waals surface area contributed by atoms with Crippen LogP contribution < -0.4 is 18.9 Å². The van der Waals surface area contributed by atoms with Crippen LogP contribution in [0.2, 0.25) is 0 Å². The third kappa shape index (κ3) is 3.75. The molecule has 0 spiro atoms. The molecule has 0 radical (unpaired) electrons. The minimum absolute atomic E-state index is 0. The van der Waals surface area contributed by atoms with Gasteiger partial charge in [0.15, 0.2) is 23.0 Å². The molecule has 1 heterocycles. The number of phenolic OH excluding ortho intramolecular Hbond substituents is 1. The third-order valence-corrected chi connectivity index (χ3v) is 3.35. The SMILES string of the molecule is COc1ccc(/C=C\c2cc(OC)c3c(c2)OCO3)cc1O.[NaH]. The number of hydrogen-bond acceptors (Lipinski definition) is 5. The summed E-state index contributed by atoms with van der Waals surface area (Å²) >= 11 is 0.